The number of nitrogens with zero attached hydrogens (tertiary/aromatic N) is 2. The summed E-state index contributed by atoms with van der Waals surface area (Å²) in [6.45, 7) is 11.4. The van der Waals surface area contributed by atoms with E-state index in [1.54, 1.807) is 19.3 Å². The number of hydrogen-bond acceptors (Lipinski definition) is 8. The van der Waals surface area contributed by atoms with E-state index in [1.165, 1.54) is 38.5 Å². The summed E-state index contributed by atoms with van der Waals surface area (Å²) < 4.78 is 20.9. The quantitative estimate of drug-likeness (QED) is 0.0425. The zero-order chi connectivity index (χ0) is 44.4. The molecule has 2 aliphatic carbocycles. The standard InChI is InChI=1S/C54H74N2O7/c1-5-8-9-10-11-12-13-14-15-29-51(59)56(39-42-26-22-25-40-23-16-17-27-44(40)42)50-38-48(55-60-4)46-36-41(24-18-20-32-57)45(28-19-21-33-58)52-47-37-43(61-34-6-2)30-31-49(47)63-54(50,53(46)52)62-35-7-3/h6-7,16-17,22-23,25-27,30-31,36-37,41,45,50,52-53,57-58H,2-3,5,8-15,18-21,24,28-29,32-35,38-39H2,1,4H3/t41-,45+,50-,52+,53+,54+/m0/s1. The van der Waals surface area contributed by atoms with Crippen LogP contribution in [-0.4, -0.2) is 72.1 Å². The molecule has 3 aromatic rings. The number of unbranched alkanes of at least 4 members (excludes halogenated alkanes) is 10. The molecule has 0 spiro atoms. The van der Waals surface area contributed by atoms with E-state index in [0.717, 1.165) is 83.9 Å². The molecule has 1 heterocycles. The molecule has 3 aromatic carbocycles. The van der Waals surface area contributed by atoms with Gasteiger partial charge in [-0.2, -0.15) is 0 Å². The van der Waals surface area contributed by atoms with Crippen molar-refractivity contribution in [1.82, 2.24) is 4.90 Å². The van der Waals surface area contributed by atoms with Crippen LogP contribution in [0.15, 0.2) is 103 Å². The van der Waals surface area contributed by atoms with Gasteiger partial charge in [0.05, 0.1) is 18.2 Å². The predicted molar refractivity (Wildman–Crippen MR) is 254 cm³/mol. The first-order valence-corrected chi connectivity index (χ1v) is 24.1. The van der Waals surface area contributed by atoms with Crippen LogP contribution in [0.4, 0.5) is 0 Å². The summed E-state index contributed by atoms with van der Waals surface area (Å²) in [5.74, 6) is -0.0501. The number of rotatable bonds is 28. The van der Waals surface area contributed by atoms with E-state index >= 15 is 4.79 Å². The first-order chi connectivity index (χ1) is 30.9. The molecule has 3 aliphatic rings. The van der Waals surface area contributed by atoms with Gasteiger partial charge in [-0.1, -0.05) is 144 Å². The molecular weight excluding hydrogens is 789 g/mol. The van der Waals surface area contributed by atoms with Crippen molar-refractivity contribution >= 4 is 22.4 Å². The van der Waals surface area contributed by atoms with E-state index in [0.29, 0.717) is 44.6 Å². The molecule has 2 N–H and O–H groups in total. The molecule has 6 atom stereocenters. The minimum absolute atomic E-state index is 0.0676. The van der Waals surface area contributed by atoms with E-state index < -0.39 is 11.8 Å². The van der Waals surface area contributed by atoms with Gasteiger partial charge in [0, 0.05) is 44.1 Å². The second kappa shape index (κ2) is 24.6. The van der Waals surface area contributed by atoms with Gasteiger partial charge in [-0.3, -0.25) is 4.79 Å². The SMILES string of the molecule is C=CCOc1ccc2c(c1)[C@H]1[C@H](CCCCO)[C@@H](CCCCO)C=C3C(=NOC)C[C@H](N(Cc4cccc5ccccc45)C(=O)CCCCCCCCCCC)[C@@](OCC=C)(O2)[C@H]31. The number of fused-ring (bicyclic) bond motifs is 3. The number of amides is 1. The van der Waals surface area contributed by atoms with Gasteiger partial charge in [0.1, 0.15) is 31.3 Å². The van der Waals surface area contributed by atoms with Crippen LogP contribution in [0.5, 0.6) is 11.5 Å². The van der Waals surface area contributed by atoms with Crippen molar-refractivity contribution in [3.63, 3.8) is 0 Å². The van der Waals surface area contributed by atoms with Crippen molar-refractivity contribution in [3.05, 3.63) is 109 Å². The third-order valence-electron chi connectivity index (χ3n) is 13.6. The summed E-state index contributed by atoms with van der Waals surface area (Å²) in [7, 11) is 1.59. The maximum absolute atomic E-state index is 15.3. The molecule has 1 fully saturated rings. The number of oxime groups is 1. The van der Waals surface area contributed by atoms with Crippen molar-refractivity contribution in [2.24, 2.45) is 22.9 Å². The highest BCUT2D eigenvalue weighted by Gasteiger charge is 2.65. The minimum atomic E-state index is -1.32. The van der Waals surface area contributed by atoms with E-state index in [2.05, 4.69) is 79.6 Å². The molecular formula is C54H74N2O7. The smallest absolute Gasteiger partial charge is 0.239 e. The van der Waals surface area contributed by atoms with Crippen LogP contribution in [-0.2, 0) is 20.9 Å². The molecule has 0 radical (unpaired) electrons. The van der Waals surface area contributed by atoms with Gasteiger partial charge < -0.3 is 34.2 Å². The summed E-state index contributed by atoms with van der Waals surface area (Å²) in [5.41, 5.74) is 3.91. The van der Waals surface area contributed by atoms with E-state index in [4.69, 9.17) is 24.2 Å². The molecule has 1 aliphatic heterocycles. The Morgan fingerprint density at radius 3 is 2.32 bits per heavy atom. The summed E-state index contributed by atoms with van der Waals surface area (Å²) in [6, 6.07) is 20.2. The Morgan fingerprint density at radius 1 is 0.873 bits per heavy atom. The lowest BCUT2D eigenvalue weighted by Crippen LogP contribution is -2.70. The zero-order valence-electron chi connectivity index (χ0n) is 38.2. The molecule has 0 saturated heterocycles. The van der Waals surface area contributed by atoms with Gasteiger partial charge in [0.15, 0.2) is 0 Å². The highest BCUT2D eigenvalue weighted by Crippen LogP contribution is 2.62. The number of aliphatic hydroxyl groups excluding tert-OH is 2. The van der Waals surface area contributed by atoms with Gasteiger partial charge in [0.2, 0.25) is 11.7 Å². The topological polar surface area (TPSA) is 110 Å². The lowest BCUT2D eigenvalue weighted by atomic mass is 9.55. The van der Waals surface area contributed by atoms with Crippen LogP contribution in [0.3, 0.4) is 0 Å². The van der Waals surface area contributed by atoms with Gasteiger partial charge >= 0.3 is 0 Å². The lowest BCUT2D eigenvalue weighted by molar-refractivity contribution is -0.258. The molecule has 9 heteroatoms. The van der Waals surface area contributed by atoms with E-state index in [-0.39, 0.29) is 49.4 Å². The van der Waals surface area contributed by atoms with Gasteiger partial charge in [-0.15, -0.1) is 6.58 Å². The first kappa shape index (κ1) is 48.0. The number of hydrogen-bond donors (Lipinski definition) is 2. The molecule has 0 bridgehead atoms. The Labute approximate surface area is 377 Å². The molecule has 342 valence electrons. The number of aliphatic hydroxyl groups is 2. The molecule has 63 heavy (non-hydrogen) atoms. The summed E-state index contributed by atoms with van der Waals surface area (Å²) in [6.07, 6.45) is 22.1. The third kappa shape index (κ3) is 11.6. The Kier molecular flexibility index (Phi) is 18.7. The number of ether oxygens (including phenoxy) is 3. The maximum atomic E-state index is 15.3. The number of allylic oxidation sites excluding steroid dienone is 1. The van der Waals surface area contributed by atoms with Crippen molar-refractivity contribution < 1.29 is 34.1 Å². The number of carbonyl (C=O) groups excluding carboxylic acids is 1. The van der Waals surface area contributed by atoms with E-state index in [1.807, 2.05) is 12.1 Å². The Balaban J connectivity index is 1.50. The lowest BCUT2D eigenvalue weighted by Gasteiger charge is -2.60. The van der Waals surface area contributed by atoms with Crippen LogP contribution in [0, 0.1) is 17.8 Å². The fraction of sp³-hybridized carbons (Fsp3) is 0.556. The second-order valence-electron chi connectivity index (χ2n) is 17.8. The van der Waals surface area contributed by atoms with Gasteiger partial charge in [0.25, 0.3) is 0 Å². The van der Waals surface area contributed by atoms with Gasteiger partial charge in [-0.25, -0.2) is 0 Å². The minimum Gasteiger partial charge on any atom is -0.490 e. The van der Waals surface area contributed by atoms with Crippen LogP contribution in [0.25, 0.3) is 10.8 Å². The Morgan fingerprint density at radius 2 is 1.59 bits per heavy atom. The van der Waals surface area contributed by atoms with Crippen LogP contribution < -0.4 is 9.47 Å². The van der Waals surface area contributed by atoms with Gasteiger partial charge in [-0.05, 0) is 84.0 Å². The van der Waals surface area contributed by atoms with Crippen LogP contribution >= 0.6 is 0 Å². The monoisotopic (exact) mass is 863 g/mol. The first-order valence-electron chi connectivity index (χ1n) is 24.1. The van der Waals surface area contributed by atoms with Crippen LogP contribution in [0.2, 0.25) is 0 Å². The molecule has 0 unspecified atom stereocenters. The normalized spacial score (nSPS) is 23.0. The third-order valence-corrected chi connectivity index (χ3v) is 13.6. The summed E-state index contributed by atoms with van der Waals surface area (Å²) >= 11 is 0. The fourth-order valence-corrected chi connectivity index (χ4v) is 10.7. The Hall–Kier alpha value is -4.44. The van der Waals surface area contributed by atoms with Crippen molar-refractivity contribution in [2.75, 3.05) is 33.5 Å². The highest BCUT2D eigenvalue weighted by atomic mass is 16.7. The summed E-state index contributed by atoms with van der Waals surface area (Å²) in [4.78, 5) is 23.0. The van der Waals surface area contributed by atoms with Crippen molar-refractivity contribution in [3.8, 4) is 11.5 Å². The van der Waals surface area contributed by atoms with Crippen molar-refractivity contribution in [2.45, 2.75) is 140 Å². The molecule has 1 amide bonds. The molecule has 1 saturated carbocycles. The number of carbonyl (C=O) groups is 1. The largest absolute Gasteiger partial charge is 0.490 e. The predicted octanol–water partition coefficient (Wildman–Crippen LogP) is 11.6. The summed E-state index contributed by atoms with van der Waals surface area (Å²) in [5, 5.41) is 26.9. The zero-order valence-corrected chi connectivity index (χ0v) is 38.2. The average Bonchev–Trinajstić information content (AvgIpc) is 3.30. The number of benzene rings is 3. The molecule has 6 rings (SSSR count). The highest BCUT2D eigenvalue weighted by molar-refractivity contribution is 6.03. The maximum Gasteiger partial charge on any atom is 0.239 e. The molecule has 9 nitrogen and oxygen atoms in total. The fourth-order valence-electron chi connectivity index (χ4n) is 10.7. The van der Waals surface area contributed by atoms with E-state index in [9.17, 15) is 10.2 Å². The van der Waals surface area contributed by atoms with Crippen molar-refractivity contribution in [1.29, 1.82) is 0 Å². The molecule has 0 aromatic heterocycles. The second-order valence-corrected chi connectivity index (χ2v) is 17.8. The van der Waals surface area contributed by atoms with Crippen LogP contribution in [0.1, 0.15) is 133 Å². The Bertz CT molecular complexity index is 1990. The average molecular weight is 863 g/mol.